The summed E-state index contributed by atoms with van der Waals surface area (Å²) >= 11 is 8.18. The molecule has 0 fully saturated rings. The maximum atomic E-state index is 12.1. The molecule has 0 aliphatic rings. The third-order valence-corrected chi connectivity index (χ3v) is 4.26. The number of halogens is 2. The number of carbonyl (C=O) groups excluding carboxylic acids is 1. The van der Waals surface area contributed by atoms with Crippen molar-refractivity contribution in [2.24, 2.45) is 0 Å². The summed E-state index contributed by atoms with van der Waals surface area (Å²) in [5.41, 5.74) is 2.87. The highest BCUT2D eigenvalue weighted by Gasteiger charge is 2.09. The Morgan fingerprint density at radius 2 is 2.00 bits per heavy atom. The summed E-state index contributed by atoms with van der Waals surface area (Å²) in [6, 6.07) is 13.4. The van der Waals surface area contributed by atoms with Crippen LogP contribution in [0.25, 0.3) is 0 Å². The summed E-state index contributed by atoms with van der Waals surface area (Å²) in [5.74, 6) is 0.0962. The third kappa shape index (κ3) is 3.33. The van der Waals surface area contributed by atoms with Crippen LogP contribution in [0.4, 0.5) is 0 Å². The van der Waals surface area contributed by atoms with Crippen molar-refractivity contribution in [1.29, 1.82) is 0 Å². The zero-order valence-electron chi connectivity index (χ0n) is 9.91. The molecule has 0 N–H and O–H groups in total. The van der Waals surface area contributed by atoms with Gasteiger partial charge in [0.25, 0.3) is 0 Å². The SMILES string of the molecule is Cc1cccc(CC(=O)c2ccc(I)c(Cl)c2)c1. The fourth-order valence-corrected chi connectivity index (χ4v) is 2.30. The second-order valence-electron chi connectivity index (χ2n) is 4.22. The smallest absolute Gasteiger partial charge is 0.167 e. The first-order chi connectivity index (χ1) is 8.56. The Kier molecular flexibility index (Phi) is 4.40. The summed E-state index contributed by atoms with van der Waals surface area (Å²) in [6.45, 7) is 2.02. The molecule has 92 valence electrons. The Labute approximate surface area is 125 Å². The number of Topliss-reactive ketones (excluding diaryl/α,β-unsaturated/α-hetero) is 1. The lowest BCUT2D eigenvalue weighted by Gasteiger charge is -2.04. The highest BCUT2D eigenvalue weighted by atomic mass is 127. The van der Waals surface area contributed by atoms with Gasteiger partial charge in [0, 0.05) is 15.6 Å². The van der Waals surface area contributed by atoms with Gasteiger partial charge in [0.15, 0.2) is 5.78 Å². The van der Waals surface area contributed by atoms with Crippen LogP contribution in [-0.2, 0) is 6.42 Å². The van der Waals surface area contributed by atoms with Crippen molar-refractivity contribution in [3.05, 3.63) is 67.7 Å². The maximum absolute atomic E-state index is 12.1. The molecule has 0 bridgehead atoms. The number of hydrogen-bond donors (Lipinski definition) is 0. The lowest BCUT2D eigenvalue weighted by atomic mass is 10.0. The number of rotatable bonds is 3. The molecule has 0 aliphatic heterocycles. The fourth-order valence-electron chi connectivity index (χ4n) is 1.78. The zero-order valence-corrected chi connectivity index (χ0v) is 12.8. The lowest BCUT2D eigenvalue weighted by Crippen LogP contribution is -2.03. The molecule has 0 unspecified atom stereocenters. The number of hydrogen-bond acceptors (Lipinski definition) is 1. The molecule has 0 amide bonds. The number of ketones is 1. The van der Waals surface area contributed by atoms with Crippen LogP contribution in [0.5, 0.6) is 0 Å². The molecule has 1 nitrogen and oxygen atoms in total. The van der Waals surface area contributed by atoms with E-state index in [1.165, 1.54) is 5.56 Å². The predicted molar refractivity (Wildman–Crippen MR) is 83.4 cm³/mol. The van der Waals surface area contributed by atoms with Gasteiger partial charge in [-0.3, -0.25) is 4.79 Å². The minimum absolute atomic E-state index is 0.0962. The van der Waals surface area contributed by atoms with Gasteiger partial charge >= 0.3 is 0 Å². The monoisotopic (exact) mass is 370 g/mol. The summed E-state index contributed by atoms with van der Waals surface area (Å²) < 4.78 is 0.960. The Hall–Kier alpha value is -0.870. The predicted octanol–water partition coefficient (Wildman–Crippen LogP) is 4.68. The molecule has 2 aromatic rings. The molecule has 0 saturated carbocycles. The first kappa shape index (κ1) is 13.6. The third-order valence-electron chi connectivity index (χ3n) is 2.69. The molecule has 0 spiro atoms. The van der Waals surface area contributed by atoms with Gasteiger partial charge in [-0.2, -0.15) is 0 Å². The second kappa shape index (κ2) is 5.85. The summed E-state index contributed by atoms with van der Waals surface area (Å²) in [7, 11) is 0. The van der Waals surface area contributed by atoms with E-state index < -0.39 is 0 Å². The molecule has 0 aromatic heterocycles. The molecule has 2 aromatic carbocycles. The van der Waals surface area contributed by atoms with Gasteiger partial charge < -0.3 is 0 Å². The van der Waals surface area contributed by atoms with E-state index in [2.05, 4.69) is 22.6 Å². The van der Waals surface area contributed by atoms with Crippen molar-refractivity contribution in [3.8, 4) is 0 Å². The Morgan fingerprint density at radius 3 is 2.67 bits per heavy atom. The van der Waals surface area contributed by atoms with Crippen molar-refractivity contribution < 1.29 is 4.79 Å². The molecule has 18 heavy (non-hydrogen) atoms. The average Bonchev–Trinajstić information content (AvgIpc) is 2.32. The topological polar surface area (TPSA) is 17.1 Å². The molecule has 0 heterocycles. The van der Waals surface area contributed by atoms with Crippen LogP contribution in [0.1, 0.15) is 21.5 Å². The van der Waals surface area contributed by atoms with Gasteiger partial charge in [0.1, 0.15) is 0 Å². The average molecular weight is 371 g/mol. The number of benzene rings is 2. The van der Waals surface area contributed by atoms with E-state index in [0.717, 1.165) is 9.13 Å². The van der Waals surface area contributed by atoms with Gasteiger partial charge in [-0.1, -0.05) is 47.5 Å². The number of aryl methyl sites for hydroxylation is 1. The number of carbonyl (C=O) groups is 1. The van der Waals surface area contributed by atoms with E-state index in [1.54, 1.807) is 6.07 Å². The second-order valence-corrected chi connectivity index (χ2v) is 5.79. The van der Waals surface area contributed by atoms with Crippen molar-refractivity contribution in [1.82, 2.24) is 0 Å². The van der Waals surface area contributed by atoms with Gasteiger partial charge in [-0.25, -0.2) is 0 Å². The van der Waals surface area contributed by atoms with Crippen LogP contribution < -0.4 is 0 Å². The molecule has 3 heteroatoms. The van der Waals surface area contributed by atoms with E-state index in [1.807, 2.05) is 43.3 Å². The van der Waals surface area contributed by atoms with Crippen LogP contribution in [-0.4, -0.2) is 5.78 Å². The summed E-state index contributed by atoms with van der Waals surface area (Å²) in [5, 5.41) is 0.630. The van der Waals surface area contributed by atoms with E-state index in [9.17, 15) is 4.79 Å². The lowest BCUT2D eigenvalue weighted by molar-refractivity contribution is 0.0993. The molecule has 2 rings (SSSR count). The van der Waals surface area contributed by atoms with Crippen LogP contribution >= 0.6 is 34.2 Å². The van der Waals surface area contributed by atoms with Crippen molar-refractivity contribution in [3.63, 3.8) is 0 Å². The van der Waals surface area contributed by atoms with E-state index in [0.29, 0.717) is 17.0 Å². The van der Waals surface area contributed by atoms with Gasteiger partial charge in [0.2, 0.25) is 0 Å². The quantitative estimate of drug-likeness (QED) is 0.566. The Balaban J connectivity index is 2.19. The van der Waals surface area contributed by atoms with Crippen molar-refractivity contribution >= 4 is 40.0 Å². The Morgan fingerprint density at radius 1 is 1.22 bits per heavy atom. The van der Waals surface area contributed by atoms with Crippen molar-refractivity contribution in [2.75, 3.05) is 0 Å². The van der Waals surface area contributed by atoms with E-state index in [4.69, 9.17) is 11.6 Å². The molecule has 0 saturated heterocycles. The minimum atomic E-state index is 0.0962. The van der Waals surface area contributed by atoms with Gasteiger partial charge in [-0.05, 0) is 47.2 Å². The largest absolute Gasteiger partial charge is 0.294 e. The van der Waals surface area contributed by atoms with Crippen LogP contribution in [0, 0.1) is 10.5 Å². The molecular formula is C15H12ClIO. The van der Waals surface area contributed by atoms with Crippen LogP contribution in [0.15, 0.2) is 42.5 Å². The van der Waals surface area contributed by atoms with Gasteiger partial charge in [0.05, 0.1) is 5.02 Å². The first-order valence-electron chi connectivity index (χ1n) is 5.60. The highest BCUT2D eigenvalue weighted by Crippen LogP contribution is 2.20. The maximum Gasteiger partial charge on any atom is 0.167 e. The molecular weight excluding hydrogens is 359 g/mol. The molecule has 0 aliphatic carbocycles. The fraction of sp³-hybridized carbons (Fsp3) is 0.133. The summed E-state index contributed by atoms with van der Waals surface area (Å²) in [4.78, 5) is 12.1. The Bertz CT molecular complexity index is 593. The van der Waals surface area contributed by atoms with Crippen molar-refractivity contribution in [2.45, 2.75) is 13.3 Å². The minimum Gasteiger partial charge on any atom is -0.294 e. The summed E-state index contributed by atoms with van der Waals surface area (Å²) in [6.07, 6.45) is 0.415. The highest BCUT2D eigenvalue weighted by molar-refractivity contribution is 14.1. The van der Waals surface area contributed by atoms with E-state index in [-0.39, 0.29) is 5.78 Å². The normalized spacial score (nSPS) is 10.4. The molecule has 0 radical (unpaired) electrons. The van der Waals surface area contributed by atoms with Crippen LogP contribution in [0.2, 0.25) is 5.02 Å². The first-order valence-corrected chi connectivity index (χ1v) is 7.06. The van der Waals surface area contributed by atoms with Gasteiger partial charge in [-0.15, -0.1) is 0 Å². The molecule has 0 atom stereocenters. The van der Waals surface area contributed by atoms with Crippen LogP contribution in [0.3, 0.4) is 0 Å². The van der Waals surface area contributed by atoms with E-state index >= 15 is 0 Å². The standard InChI is InChI=1S/C15H12ClIO/c1-10-3-2-4-11(7-10)8-15(18)12-5-6-14(17)13(16)9-12/h2-7,9H,8H2,1H3. The zero-order chi connectivity index (χ0) is 13.1.